The van der Waals surface area contributed by atoms with Crippen molar-refractivity contribution in [3.63, 3.8) is 0 Å². The lowest BCUT2D eigenvalue weighted by Gasteiger charge is -2.35. The van der Waals surface area contributed by atoms with Crippen molar-refractivity contribution in [2.75, 3.05) is 26.2 Å². The van der Waals surface area contributed by atoms with Crippen LogP contribution in [0.5, 0.6) is 0 Å². The third-order valence-electron chi connectivity index (χ3n) is 3.94. The molecular formula is C16H25BrN2. The van der Waals surface area contributed by atoms with E-state index in [1.165, 1.54) is 35.7 Å². The van der Waals surface area contributed by atoms with E-state index >= 15 is 0 Å². The van der Waals surface area contributed by atoms with Gasteiger partial charge in [0.05, 0.1) is 0 Å². The van der Waals surface area contributed by atoms with Crippen LogP contribution in [0.15, 0.2) is 28.7 Å². The molecule has 0 aliphatic carbocycles. The third-order valence-corrected chi connectivity index (χ3v) is 4.66. The Balaban J connectivity index is 2.10. The highest BCUT2D eigenvalue weighted by molar-refractivity contribution is 9.10. The van der Waals surface area contributed by atoms with Gasteiger partial charge >= 0.3 is 0 Å². The number of halogens is 1. The first-order valence-corrected chi connectivity index (χ1v) is 8.31. The Morgan fingerprint density at radius 2 is 1.95 bits per heavy atom. The van der Waals surface area contributed by atoms with Crippen LogP contribution < -0.4 is 5.32 Å². The lowest BCUT2D eigenvalue weighted by molar-refractivity contribution is 0.162. The second-order valence-corrected chi connectivity index (χ2v) is 6.17. The molecule has 0 spiro atoms. The monoisotopic (exact) mass is 324 g/mol. The number of benzene rings is 1. The van der Waals surface area contributed by atoms with Crippen molar-refractivity contribution in [2.45, 2.75) is 38.6 Å². The molecule has 0 bridgehead atoms. The molecule has 1 fully saturated rings. The molecule has 2 rings (SSSR count). The molecule has 1 heterocycles. The molecule has 1 atom stereocenters. The zero-order valence-electron chi connectivity index (χ0n) is 11.9. The van der Waals surface area contributed by atoms with Crippen LogP contribution in [-0.4, -0.2) is 31.1 Å². The van der Waals surface area contributed by atoms with Crippen molar-refractivity contribution in [3.8, 4) is 0 Å². The Kier molecular flexibility index (Phi) is 6.35. The number of nitrogens with one attached hydrogen (secondary N) is 1. The molecule has 1 aliphatic rings. The molecule has 1 N–H and O–H groups in total. The minimum Gasteiger partial charge on any atom is -0.314 e. The van der Waals surface area contributed by atoms with Crippen LogP contribution in [0.1, 0.15) is 44.2 Å². The fraction of sp³-hybridized carbons (Fsp3) is 0.625. The number of hydrogen-bond acceptors (Lipinski definition) is 2. The van der Waals surface area contributed by atoms with Crippen LogP contribution in [-0.2, 0) is 0 Å². The fourth-order valence-electron chi connectivity index (χ4n) is 2.86. The Hall–Kier alpha value is -0.380. The molecule has 3 heteroatoms. The summed E-state index contributed by atoms with van der Waals surface area (Å²) in [5.41, 5.74) is 1.46. The van der Waals surface area contributed by atoms with Crippen molar-refractivity contribution in [1.29, 1.82) is 0 Å². The van der Waals surface area contributed by atoms with Gasteiger partial charge in [0.25, 0.3) is 0 Å². The average Bonchev–Trinajstić information content (AvgIpc) is 2.46. The molecular weight excluding hydrogens is 300 g/mol. The normalized spacial score (nSPS) is 18.4. The van der Waals surface area contributed by atoms with Crippen molar-refractivity contribution >= 4 is 15.9 Å². The number of rotatable bonds is 6. The highest BCUT2D eigenvalue weighted by atomic mass is 79.9. The number of nitrogens with zero attached hydrogens (tertiary/aromatic N) is 1. The maximum absolute atomic E-state index is 3.73. The van der Waals surface area contributed by atoms with Crippen LogP contribution in [0.4, 0.5) is 0 Å². The summed E-state index contributed by atoms with van der Waals surface area (Å²) in [6.45, 7) is 6.85. The van der Waals surface area contributed by atoms with E-state index in [1.54, 1.807) is 0 Å². The molecule has 19 heavy (non-hydrogen) atoms. The van der Waals surface area contributed by atoms with Gasteiger partial charge in [-0.15, -0.1) is 0 Å². The molecule has 1 aliphatic heterocycles. The molecule has 106 valence electrons. The molecule has 1 aromatic rings. The third kappa shape index (κ3) is 4.30. The molecule has 0 unspecified atom stereocenters. The summed E-state index contributed by atoms with van der Waals surface area (Å²) in [5.74, 6) is 0. The van der Waals surface area contributed by atoms with E-state index in [-0.39, 0.29) is 0 Å². The van der Waals surface area contributed by atoms with Crippen LogP contribution in [0, 0.1) is 0 Å². The summed E-state index contributed by atoms with van der Waals surface area (Å²) >= 11 is 3.73. The smallest absolute Gasteiger partial charge is 0.0360 e. The minimum absolute atomic E-state index is 0.573. The van der Waals surface area contributed by atoms with Gasteiger partial charge in [0.1, 0.15) is 0 Å². The van der Waals surface area contributed by atoms with Crippen molar-refractivity contribution < 1.29 is 0 Å². The number of unbranched alkanes of at least 4 members (excludes halogenated alkanes) is 2. The van der Waals surface area contributed by atoms with Gasteiger partial charge in [0.15, 0.2) is 0 Å². The summed E-state index contributed by atoms with van der Waals surface area (Å²) in [7, 11) is 0. The van der Waals surface area contributed by atoms with Crippen molar-refractivity contribution in [2.24, 2.45) is 0 Å². The van der Waals surface area contributed by atoms with Crippen LogP contribution in [0.25, 0.3) is 0 Å². The Bertz CT molecular complexity index is 375. The largest absolute Gasteiger partial charge is 0.314 e. The maximum Gasteiger partial charge on any atom is 0.0360 e. The SMILES string of the molecule is CCCCC[C@@H](c1ccccc1Br)N1CCNCC1. The van der Waals surface area contributed by atoms with Crippen molar-refractivity contribution in [1.82, 2.24) is 10.2 Å². The summed E-state index contributed by atoms with van der Waals surface area (Å²) < 4.78 is 1.26. The maximum atomic E-state index is 3.73. The van der Waals surface area contributed by atoms with Gasteiger partial charge in [-0.1, -0.05) is 60.3 Å². The van der Waals surface area contributed by atoms with E-state index in [9.17, 15) is 0 Å². The van der Waals surface area contributed by atoms with Crippen LogP contribution in [0.2, 0.25) is 0 Å². The zero-order chi connectivity index (χ0) is 13.5. The molecule has 1 saturated heterocycles. The van der Waals surface area contributed by atoms with E-state index in [4.69, 9.17) is 0 Å². The second kappa shape index (κ2) is 8.03. The highest BCUT2D eigenvalue weighted by Crippen LogP contribution is 2.32. The van der Waals surface area contributed by atoms with Gasteiger partial charge in [0.2, 0.25) is 0 Å². The van der Waals surface area contributed by atoms with E-state index in [1.807, 2.05) is 0 Å². The van der Waals surface area contributed by atoms with Gasteiger partial charge in [-0.3, -0.25) is 4.90 Å². The number of hydrogen-bond donors (Lipinski definition) is 1. The molecule has 2 nitrogen and oxygen atoms in total. The summed E-state index contributed by atoms with van der Waals surface area (Å²) in [5, 5.41) is 3.45. The first-order valence-electron chi connectivity index (χ1n) is 7.52. The van der Waals surface area contributed by atoms with Gasteiger partial charge < -0.3 is 5.32 Å². The topological polar surface area (TPSA) is 15.3 Å². The zero-order valence-corrected chi connectivity index (χ0v) is 13.5. The molecule has 0 amide bonds. The van der Waals surface area contributed by atoms with E-state index in [0.717, 1.165) is 26.2 Å². The molecule has 1 aromatic carbocycles. The lowest BCUT2D eigenvalue weighted by atomic mass is 9.98. The summed E-state index contributed by atoms with van der Waals surface area (Å²) in [6, 6.07) is 9.29. The van der Waals surface area contributed by atoms with Gasteiger partial charge in [-0.05, 0) is 18.1 Å². The van der Waals surface area contributed by atoms with Gasteiger partial charge in [-0.2, -0.15) is 0 Å². The predicted molar refractivity (Wildman–Crippen MR) is 85.5 cm³/mol. The predicted octanol–water partition coefficient (Wildman–Crippen LogP) is 3.98. The highest BCUT2D eigenvalue weighted by Gasteiger charge is 2.23. The number of piperazine rings is 1. The minimum atomic E-state index is 0.573. The lowest BCUT2D eigenvalue weighted by Crippen LogP contribution is -2.45. The molecule has 0 aromatic heterocycles. The van der Waals surface area contributed by atoms with Crippen molar-refractivity contribution in [3.05, 3.63) is 34.3 Å². The standard InChI is InChI=1S/C16H25BrN2/c1-2-3-4-9-16(19-12-10-18-11-13-19)14-7-5-6-8-15(14)17/h5-8,16,18H,2-4,9-13H2,1H3/t16-/m0/s1. The van der Waals surface area contributed by atoms with E-state index in [2.05, 4.69) is 57.3 Å². The van der Waals surface area contributed by atoms with Gasteiger partial charge in [-0.25, -0.2) is 0 Å². The molecule has 0 radical (unpaired) electrons. The first-order chi connectivity index (χ1) is 9.33. The van der Waals surface area contributed by atoms with Crippen LogP contribution in [0.3, 0.4) is 0 Å². The Morgan fingerprint density at radius 3 is 2.63 bits per heavy atom. The quantitative estimate of drug-likeness (QED) is 0.796. The Labute approximate surface area is 125 Å². The Morgan fingerprint density at radius 1 is 1.21 bits per heavy atom. The summed E-state index contributed by atoms with van der Waals surface area (Å²) in [6.07, 6.45) is 5.24. The average molecular weight is 325 g/mol. The second-order valence-electron chi connectivity index (χ2n) is 5.32. The van der Waals surface area contributed by atoms with Crippen LogP contribution >= 0.6 is 15.9 Å². The van der Waals surface area contributed by atoms with E-state index in [0.29, 0.717) is 6.04 Å². The first kappa shape index (κ1) is 15.0. The molecule has 0 saturated carbocycles. The van der Waals surface area contributed by atoms with Gasteiger partial charge in [0, 0.05) is 36.7 Å². The fourth-order valence-corrected chi connectivity index (χ4v) is 3.41. The van der Waals surface area contributed by atoms with E-state index < -0.39 is 0 Å². The summed E-state index contributed by atoms with van der Waals surface area (Å²) in [4.78, 5) is 2.65.